The summed E-state index contributed by atoms with van der Waals surface area (Å²) in [6.07, 6.45) is -3.35. The van der Waals surface area contributed by atoms with Crippen LogP contribution in [0.15, 0.2) is 0 Å². The lowest BCUT2D eigenvalue weighted by atomic mass is 9.74. The predicted octanol–water partition coefficient (Wildman–Crippen LogP) is -0.275. The molecule has 4 unspecified atom stereocenters. The third-order valence-corrected chi connectivity index (χ3v) is 3.96. The maximum Gasteiger partial charge on any atom is 0.471 e. The normalized spacial score (nSPS) is 28.3. The van der Waals surface area contributed by atoms with Gasteiger partial charge in [-0.25, -0.2) is 4.57 Å². The Labute approximate surface area is 130 Å². The van der Waals surface area contributed by atoms with Gasteiger partial charge in [-0.3, -0.25) is 18.9 Å². The van der Waals surface area contributed by atoms with E-state index >= 15 is 0 Å². The van der Waals surface area contributed by atoms with E-state index < -0.39 is 69.0 Å². The van der Waals surface area contributed by atoms with Gasteiger partial charge in [0.25, 0.3) is 0 Å². The lowest BCUT2D eigenvalue weighted by Crippen LogP contribution is -2.45. The average Bonchev–Trinajstić information content (AvgIpc) is 2.33. The van der Waals surface area contributed by atoms with E-state index in [1.165, 1.54) is 0 Å². The molecule has 0 amide bonds. The van der Waals surface area contributed by atoms with Gasteiger partial charge in [0.05, 0.1) is 19.4 Å². The highest BCUT2D eigenvalue weighted by Gasteiger charge is 2.45. The summed E-state index contributed by atoms with van der Waals surface area (Å²) < 4.78 is 20.4. The Morgan fingerprint density at radius 3 is 1.87 bits per heavy atom. The molecule has 0 spiro atoms. The Bertz CT molecular complexity index is 512. The maximum absolute atomic E-state index is 11.0. The minimum absolute atomic E-state index is 0.314. The molecule has 1 aliphatic rings. The Balaban J connectivity index is 3.08. The number of carboxylic acids is 3. The van der Waals surface area contributed by atoms with E-state index in [-0.39, 0.29) is 6.61 Å². The second-order valence-corrected chi connectivity index (χ2v) is 6.37. The molecule has 0 radical (unpaired) electrons. The van der Waals surface area contributed by atoms with Crippen LogP contribution in [0.3, 0.4) is 0 Å². The molecule has 4 atom stereocenters. The largest absolute Gasteiger partial charge is 0.481 e. The molecule has 12 heteroatoms. The number of hydrogen-bond acceptors (Lipinski definition) is 6. The van der Waals surface area contributed by atoms with Crippen molar-refractivity contribution in [3.05, 3.63) is 0 Å². The summed E-state index contributed by atoms with van der Waals surface area (Å²) in [5.41, 5.74) is 0. The smallest absolute Gasteiger partial charge is 0.471 e. The minimum Gasteiger partial charge on any atom is -0.481 e. The van der Waals surface area contributed by atoms with Crippen molar-refractivity contribution in [2.24, 2.45) is 17.8 Å². The molecule has 0 aromatic heterocycles. The molecule has 0 aliphatic carbocycles. The molecule has 1 heterocycles. The number of phosphoric acid groups is 1. The minimum atomic E-state index is -5.00. The molecule has 1 saturated heterocycles. The summed E-state index contributed by atoms with van der Waals surface area (Å²) >= 11 is 0. The van der Waals surface area contributed by atoms with Crippen molar-refractivity contribution >= 4 is 25.7 Å². The standard InChI is InChI=1S/C11H17O11P/c12-8(13)1-5-4-21-11(22-23(18,19)20)7(3-10(16)17)6(5)2-9(14)15/h5-7,11H,1-4H2,(H,12,13)(H,14,15)(H,16,17)(H2,18,19,20). The summed E-state index contributed by atoms with van der Waals surface area (Å²) in [5, 5.41) is 26.8. The van der Waals surface area contributed by atoms with E-state index in [2.05, 4.69) is 4.52 Å². The van der Waals surface area contributed by atoms with Crippen molar-refractivity contribution in [1.29, 1.82) is 0 Å². The highest BCUT2D eigenvalue weighted by molar-refractivity contribution is 7.46. The molecular weight excluding hydrogens is 339 g/mol. The van der Waals surface area contributed by atoms with Crippen molar-refractivity contribution in [3.63, 3.8) is 0 Å². The van der Waals surface area contributed by atoms with Crippen LogP contribution in [0.5, 0.6) is 0 Å². The van der Waals surface area contributed by atoms with Crippen molar-refractivity contribution in [3.8, 4) is 0 Å². The fraction of sp³-hybridized carbons (Fsp3) is 0.727. The summed E-state index contributed by atoms with van der Waals surface area (Å²) in [6, 6.07) is 0. The van der Waals surface area contributed by atoms with Crippen molar-refractivity contribution in [2.45, 2.75) is 25.6 Å². The van der Waals surface area contributed by atoms with Crippen molar-refractivity contribution in [2.75, 3.05) is 6.61 Å². The fourth-order valence-corrected chi connectivity index (χ4v) is 3.15. The van der Waals surface area contributed by atoms with E-state index in [1.54, 1.807) is 0 Å². The van der Waals surface area contributed by atoms with Crippen LogP contribution in [0.4, 0.5) is 0 Å². The summed E-state index contributed by atoms with van der Waals surface area (Å²) in [6.45, 7) is -0.314. The van der Waals surface area contributed by atoms with Gasteiger partial charge in [0.15, 0.2) is 6.29 Å². The van der Waals surface area contributed by atoms with E-state index in [0.717, 1.165) is 0 Å². The fourth-order valence-electron chi connectivity index (χ4n) is 2.66. The number of carbonyl (C=O) groups is 3. The topological polar surface area (TPSA) is 188 Å². The molecule has 1 fully saturated rings. The highest BCUT2D eigenvalue weighted by atomic mass is 31.2. The van der Waals surface area contributed by atoms with Crippen LogP contribution < -0.4 is 0 Å². The number of rotatable bonds is 8. The maximum atomic E-state index is 11.0. The second-order valence-electron chi connectivity index (χ2n) is 5.18. The average molecular weight is 356 g/mol. The van der Waals surface area contributed by atoms with E-state index in [0.29, 0.717) is 0 Å². The van der Waals surface area contributed by atoms with Gasteiger partial charge in [-0.05, 0) is 11.8 Å². The predicted molar refractivity (Wildman–Crippen MR) is 70.1 cm³/mol. The van der Waals surface area contributed by atoms with E-state index in [9.17, 15) is 18.9 Å². The van der Waals surface area contributed by atoms with Crippen molar-refractivity contribution in [1.82, 2.24) is 0 Å². The quantitative estimate of drug-likeness (QED) is 0.360. The molecule has 11 nitrogen and oxygen atoms in total. The first-order chi connectivity index (χ1) is 10.5. The zero-order chi connectivity index (χ0) is 17.8. The van der Waals surface area contributed by atoms with Crippen LogP contribution >= 0.6 is 7.82 Å². The highest BCUT2D eigenvalue weighted by Crippen LogP contribution is 2.45. The molecule has 0 bridgehead atoms. The van der Waals surface area contributed by atoms with Gasteiger partial charge in [0, 0.05) is 12.3 Å². The Kier molecular flexibility index (Phi) is 6.66. The first kappa shape index (κ1) is 19.5. The van der Waals surface area contributed by atoms with Gasteiger partial charge in [0.1, 0.15) is 0 Å². The van der Waals surface area contributed by atoms with E-state index in [4.69, 9.17) is 29.8 Å². The third-order valence-electron chi connectivity index (χ3n) is 3.48. The first-order valence-corrected chi connectivity index (χ1v) is 8.03. The number of hydrogen-bond donors (Lipinski definition) is 5. The molecule has 132 valence electrons. The molecule has 23 heavy (non-hydrogen) atoms. The van der Waals surface area contributed by atoms with Crippen LogP contribution in [-0.2, 0) is 28.2 Å². The SMILES string of the molecule is O=C(O)CC1COC(OP(=O)(O)O)C(CC(=O)O)C1CC(=O)O. The van der Waals surface area contributed by atoms with Gasteiger partial charge in [-0.1, -0.05) is 0 Å². The number of phosphoric ester groups is 1. The monoisotopic (exact) mass is 356 g/mol. The summed E-state index contributed by atoms with van der Waals surface area (Å²) in [5.74, 6) is -6.89. The number of ether oxygens (including phenoxy) is 1. The summed E-state index contributed by atoms with van der Waals surface area (Å²) in [7, 11) is -5.00. The molecule has 0 aromatic rings. The molecule has 0 aromatic carbocycles. The Morgan fingerprint density at radius 2 is 1.43 bits per heavy atom. The molecular formula is C11H17O11P. The van der Waals surface area contributed by atoms with Crippen LogP contribution in [0.25, 0.3) is 0 Å². The Hall–Kier alpha value is -1.52. The van der Waals surface area contributed by atoms with Gasteiger partial charge >= 0.3 is 25.7 Å². The van der Waals surface area contributed by atoms with Crippen molar-refractivity contribution < 1.29 is 53.3 Å². The second kappa shape index (κ2) is 7.84. The first-order valence-electron chi connectivity index (χ1n) is 6.50. The van der Waals surface area contributed by atoms with Gasteiger partial charge in [0.2, 0.25) is 0 Å². The van der Waals surface area contributed by atoms with Crippen LogP contribution in [0, 0.1) is 17.8 Å². The van der Waals surface area contributed by atoms with Crippen LogP contribution in [-0.4, -0.2) is 55.9 Å². The van der Waals surface area contributed by atoms with E-state index in [1.807, 2.05) is 0 Å². The van der Waals surface area contributed by atoms with Gasteiger partial charge < -0.3 is 29.8 Å². The van der Waals surface area contributed by atoms with Gasteiger partial charge in [-0.15, -0.1) is 0 Å². The number of aliphatic carboxylic acids is 3. The molecule has 0 saturated carbocycles. The molecule has 5 N–H and O–H groups in total. The van der Waals surface area contributed by atoms with Crippen LogP contribution in [0.1, 0.15) is 19.3 Å². The lowest BCUT2D eigenvalue weighted by molar-refractivity contribution is -0.200. The Morgan fingerprint density at radius 1 is 0.957 bits per heavy atom. The van der Waals surface area contributed by atoms with Crippen LogP contribution in [0.2, 0.25) is 0 Å². The zero-order valence-electron chi connectivity index (χ0n) is 11.8. The lowest BCUT2D eigenvalue weighted by Gasteiger charge is -2.41. The zero-order valence-corrected chi connectivity index (χ0v) is 12.7. The van der Waals surface area contributed by atoms with Gasteiger partial charge in [-0.2, -0.15) is 0 Å². The number of carboxylic acid groups (broad SMARTS) is 3. The molecule has 1 rings (SSSR count). The summed E-state index contributed by atoms with van der Waals surface area (Å²) in [4.78, 5) is 50.5. The molecule has 1 aliphatic heterocycles. The third kappa shape index (κ3) is 6.63.